The summed E-state index contributed by atoms with van der Waals surface area (Å²) in [6.45, 7) is 0. The van der Waals surface area contributed by atoms with E-state index in [1.54, 1.807) is 0 Å². The molecule has 2 aromatic rings. The molecule has 70 valence electrons. The second-order valence-corrected chi connectivity index (χ2v) is 5.17. The molecule has 0 N–H and O–H groups in total. The van der Waals surface area contributed by atoms with Gasteiger partial charge in [-0.3, -0.25) is 4.79 Å². The van der Waals surface area contributed by atoms with E-state index in [1.165, 1.54) is 14.3 Å². The zero-order chi connectivity index (χ0) is 10.1. The summed E-state index contributed by atoms with van der Waals surface area (Å²) in [5, 5.41) is 2.37. The Balaban J connectivity index is 2.93. The van der Waals surface area contributed by atoms with Crippen LogP contribution in [0.4, 0.5) is 0 Å². The van der Waals surface area contributed by atoms with Crippen LogP contribution in [-0.4, -0.2) is 6.29 Å². The molecule has 0 spiro atoms. The van der Waals surface area contributed by atoms with Gasteiger partial charge >= 0.3 is 0 Å². The van der Waals surface area contributed by atoms with Crippen molar-refractivity contribution in [3.05, 3.63) is 43.0 Å². The van der Waals surface area contributed by atoms with Gasteiger partial charge in [0.05, 0.1) is 0 Å². The van der Waals surface area contributed by atoms with Crippen LogP contribution in [0.1, 0.15) is 10.4 Å². The maximum absolute atomic E-state index is 10.8. The summed E-state index contributed by atoms with van der Waals surface area (Å²) in [5.74, 6) is 0. The third kappa shape index (κ3) is 1.67. The van der Waals surface area contributed by atoms with Gasteiger partial charge in [-0.1, -0.05) is 18.2 Å². The van der Waals surface area contributed by atoms with Gasteiger partial charge in [-0.15, -0.1) is 0 Å². The molecule has 3 heteroatoms. The third-order valence-corrected chi connectivity index (χ3v) is 4.15. The minimum Gasteiger partial charge on any atom is -0.298 e. The summed E-state index contributed by atoms with van der Waals surface area (Å²) < 4.78 is 2.23. The summed E-state index contributed by atoms with van der Waals surface area (Å²) in [6, 6.07) is 10.0. The molecule has 0 saturated carbocycles. The predicted molar refractivity (Wildman–Crippen MR) is 74.8 cm³/mol. The Morgan fingerprint density at radius 1 is 1.07 bits per heavy atom. The zero-order valence-corrected chi connectivity index (χ0v) is 11.4. The van der Waals surface area contributed by atoms with Crippen molar-refractivity contribution in [2.45, 2.75) is 0 Å². The van der Waals surface area contributed by atoms with Crippen LogP contribution in [-0.2, 0) is 0 Å². The highest BCUT2D eigenvalue weighted by molar-refractivity contribution is 14.1. The summed E-state index contributed by atoms with van der Waals surface area (Å²) in [6.07, 6.45) is 0.907. The second-order valence-electron chi connectivity index (χ2n) is 2.92. The molecule has 0 aromatic heterocycles. The molecule has 0 atom stereocenters. The van der Waals surface area contributed by atoms with Gasteiger partial charge in [0, 0.05) is 18.1 Å². The zero-order valence-electron chi connectivity index (χ0n) is 7.13. The molecule has 0 aliphatic heterocycles. The van der Waals surface area contributed by atoms with Crippen molar-refractivity contribution in [3.63, 3.8) is 0 Å². The molecular formula is C11H6I2O. The molecule has 0 fully saturated rings. The smallest absolute Gasteiger partial charge is 0.151 e. The average molecular weight is 408 g/mol. The summed E-state index contributed by atoms with van der Waals surface area (Å²) >= 11 is 4.52. The van der Waals surface area contributed by atoms with E-state index >= 15 is 0 Å². The molecule has 14 heavy (non-hydrogen) atoms. The van der Waals surface area contributed by atoms with Gasteiger partial charge in [-0.05, 0) is 62.7 Å². The number of hydrogen-bond donors (Lipinski definition) is 0. The standard InChI is InChI=1S/C11H6I2O/c12-9-3-1-2-7-4-5-8(6-14)11(13)10(7)9/h1-6H. The van der Waals surface area contributed by atoms with Crippen molar-refractivity contribution in [2.24, 2.45) is 0 Å². The third-order valence-electron chi connectivity index (χ3n) is 2.09. The molecule has 2 rings (SSSR count). The van der Waals surface area contributed by atoms with E-state index in [-0.39, 0.29) is 0 Å². The minimum atomic E-state index is 0.766. The molecule has 0 aliphatic rings. The minimum absolute atomic E-state index is 0.766. The Kier molecular flexibility index (Phi) is 3.06. The predicted octanol–water partition coefficient (Wildman–Crippen LogP) is 3.86. The lowest BCUT2D eigenvalue weighted by Gasteiger charge is -2.05. The highest BCUT2D eigenvalue weighted by Crippen LogP contribution is 2.27. The molecule has 0 saturated heterocycles. The number of benzene rings is 2. The fourth-order valence-electron chi connectivity index (χ4n) is 1.40. The van der Waals surface area contributed by atoms with E-state index < -0.39 is 0 Å². The molecule has 2 aromatic carbocycles. The molecule has 1 nitrogen and oxygen atoms in total. The SMILES string of the molecule is O=Cc1ccc2cccc(I)c2c1I. The van der Waals surface area contributed by atoms with Gasteiger partial charge in [-0.2, -0.15) is 0 Å². The number of rotatable bonds is 1. The number of hydrogen-bond acceptors (Lipinski definition) is 1. The summed E-state index contributed by atoms with van der Waals surface area (Å²) in [7, 11) is 0. The van der Waals surface area contributed by atoms with Crippen LogP contribution in [0, 0.1) is 7.14 Å². The van der Waals surface area contributed by atoms with E-state index in [2.05, 4.69) is 57.3 Å². The van der Waals surface area contributed by atoms with E-state index in [9.17, 15) is 4.79 Å². The maximum Gasteiger partial charge on any atom is 0.151 e. The van der Waals surface area contributed by atoms with Gasteiger partial charge in [0.25, 0.3) is 0 Å². The number of carbonyl (C=O) groups is 1. The van der Waals surface area contributed by atoms with Crippen molar-refractivity contribution >= 4 is 62.2 Å². The molecular weight excluding hydrogens is 402 g/mol. The van der Waals surface area contributed by atoms with Crippen molar-refractivity contribution in [3.8, 4) is 0 Å². The fourth-order valence-corrected chi connectivity index (χ4v) is 3.61. The van der Waals surface area contributed by atoms with Crippen molar-refractivity contribution in [2.75, 3.05) is 0 Å². The monoisotopic (exact) mass is 408 g/mol. The summed E-state index contributed by atoms with van der Waals surface area (Å²) in [4.78, 5) is 10.8. The number of halogens is 2. The first-order chi connectivity index (χ1) is 6.74. The Hall–Kier alpha value is -0.170. The highest BCUT2D eigenvalue weighted by atomic mass is 127. The molecule has 0 bridgehead atoms. The van der Waals surface area contributed by atoms with Gasteiger partial charge in [0.1, 0.15) is 0 Å². The van der Waals surface area contributed by atoms with Crippen LogP contribution < -0.4 is 0 Å². The van der Waals surface area contributed by atoms with Crippen LogP contribution in [0.3, 0.4) is 0 Å². The molecule has 0 radical (unpaired) electrons. The Labute approximate surface area is 109 Å². The molecule has 0 unspecified atom stereocenters. The van der Waals surface area contributed by atoms with Crippen LogP contribution >= 0.6 is 45.2 Å². The first-order valence-electron chi connectivity index (χ1n) is 4.06. The van der Waals surface area contributed by atoms with Gasteiger partial charge in [0.2, 0.25) is 0 Å². The highest BCUT2D eigenvalue weighted by Gasteiger charge is 2.06. The van der Waals surface area contributed by atoms with Crippen LogP contribution in [0.25, 0.3) is 10.8 Å². The Morgan fingerprint density at radius 2 is 1.86 bits per heavy atom. The topological polar surface area (TPSA) is 17.1 Å². The van der Waals surface area contributed by atoms with Gasteiger partial charge < -0.3 is 0 Å². The average Bonchev–Trinajstić information content (AvgIpc) is 2.18. The van der Waals surface area contributed by atoms with E-state index in [0.717, 1.165) is 15.4 Å². The Bertz CT molecular complexity index is 506. The van der Waals surface area contributed by atoms with E-state index in [4.69, 9.17) is 0 Å². The summed E-state index contributed by atoms with van der Waals surface area (Å²) in [5.41, 5.74) is 0.766. The second kappa shape index (κ2) is 4.14. The molecule has 0 heterocycles. The lowest BCUT2D eigenvalue weighted by atomic mass is 10.1. The van der Waals surface area contributed by atoms with E-state index in [1.807, 2.05) is 18.2 Å². The first kappa shape index (κ1) is 10.4. The maximum atomic E-state index is 10.8. The van der Waals surface area contributed by atoms with Crippen LogP contribution in [0.15, 0.2) is 30.3 Å². The van der Waals surface area contributed by atoms with Crippen molar-refractivity contribution < 1.29 is 4.79 Å². The first-order valence-corrected chi connectivity index (χ1v) is 6.21. The molecule has 0 amide bonds. The number of fused-ring (bicyclic) bond motifs is 1. The van der Waals surface area contributed by atoms with Gasteiger partial charge in [0.15, 0.2) is 6.29 Å². The lowest BCUT2D eigenvalue weighted by Crippen LogP contribution is -1.89. The lowest BCUT2D eigenvalue weighted by molar-refractivity contribution is 0.112. The number of aldehydes is 1. The number of carbonyl (C=O) groups excluding carboxylic acids is 1. The Morgan fingerprint density at radius 3 is 2.57 bits per heavy atom. The van der Waals surface area contributed by atoms with E-state index in [0.29, 0.717) is 0 Å². The van der Waals surface area contributed by atoms with Crippen molar-refractivity contribution in [1.82, 2.24) is 0 Å². The van der Waals surface area contributed by atoms with Crippen molar-refractivity contribution in [1.29, 1.82) is 0 Å². The quantitative estimate of drug-likeness (QED) is 0.518. The van der Waals surface area contributed by atoms with Crippen LogP contribution in [0.2, 0.25) is 0 Å². The van der Waals surface area contributed by atoms with Crippen LogP contribution in [0.5, 0.6) is 0 Å². The largest absolute Gasteiger partial charge is 0.298 e. The molecule has 0 aliphatic carbocycles. The fraction of sp³-hybridized carbons (Fsp3) is 0. The van der Waals surface area contributed by atoms with Gasteiger partial charge in [-0.25, -0.2) is 0 Å². The normalized spacial score (nSPS) is 10.4.